The summed E-state index contributed by atoms with van der Waals surface area (Å²) in [4.78, 5) is 0. The van der Waals surface area contributed by atoms with Gasteiger partial charge in [0.1, 0.15) is 0 Å². The van der Waals surface area contributed by atoms with Gasteiger partial charge in [0.15, 0.2) is 0 Å². The van der Waals surface area contributed by atoms with Crippen LogP contribution in [0.5, 0.6) is 0 Å². The summed E-state index contributed by atoms with van der Waals surface area (Å²) in [6.45, 7) is 0. The maximum Gasteiger partial charge on any atom is 0.0913 e. The molecule has 0 bridgehead atoms. The van der Waals surface area contributed by atoms with Gasteiger partial charge in [-0.1, -0.05) is 28.1 Å². The van der Waals surface area contributed by atoms with Gasteiger partial charge in [0.05, 0.1) is 20.8 Å². The second-order valence-electron chi connectivity index (χ2n) is 3.27. The van der Waals surface area contributed by atoms with Crippen molar-refractivity contribution in [1.29, 1.82) is 0 Å². The lowest BCUT2D eigenvalue weighted by Gasteiger charge is -2.04. The third kappa shape index (κ3) is 2.72. The fourth-order valence-electron chi connectivity index (χ4n) is 1.29. The van der Waals surface area contributed by atoms with Gasteiger partial charge < -0.3 is 5.73 Å². The van der Waals surface area contributed by atoms with Crippen LogP contribution in [0.2, 0.25) is 0 Å². The number of thiophene rings is 1. The van der Waals surface area contributed by atoms with Crippen LogP contribution >= 0.6 is 27.3 Å². The third-order valence-electron chi connectivity index (χ3n) is 2.08. The SMILES string of the molecule is Nc1ccc(CS(=O)c2cccs2)c(Br)c1. The van der Waals surface area contributed by atoms with Gasteiger partial charge in [-0.3, -0.25) is 4.21 Å². The Morgan fingerprint density at radius 2 is 2.19 bits per heavy atom. The van der Waals surface area contributed by atoms with E-state index in [1.807, 2.05) is 35.7 Å². The first-order valence-corrected chi connectivity index (χ1v) is 7.62. The Bertz CT molecular complexity index is 511. The van der Waals surface area contributed by atoms with E-state index in [1.54, 1.807) is 0 Å². The maximum atomic E-state index is 12.0. The number of hydrogen-bond acceptors (Lipinski definition) is 3. The first-order chi connectivity index (χ1) is 7.66. The molecule has 0 fully saturated rings. The van der Waals surface area contributed by atoms with E-state index < -0.39 is 10.8 Å². The molecule has 1 aromatic heterocycles. The smallest absolute Gasteiger partial charge is 0.0913 e. The average molecular weight is 316 g/mol. The van der Waals surface area contributed by atoms with Crippen molar-refractivity contribution in [2.24, 2.45) is 0 Å². The van der Waals surface area contributed by atoms with Gasteiger partial charge in [0.2, 0.25) is 0 Å². The molecule has 2 nitrogen and oxygen atoms in total. The summed E-state index contributed by atoms with van der Waals surface area (Å²) in [5.41, 5.74) is 7.37. The Balaban J connectivity index is 2.18. The number of nitrogens with two attached hydrogens (primary N) is 1. The van der Waals surface area contributed by atoms with Crippen molar-refractivity contribution in [3.8, 4) is 0 Å². The predicted molar refractivity (Wildman–Crippen MR) is 73.0 cm³/mol. The number of nitrogen functional groups attached to an aromatic ring is 1. The summed E-state index contributed by atoms with van der Waals surface area (Å²) in [5, 5.41) is 1.94. The second kappa shape index (κ2) is 5.12. The van der Waals surface area contributed by atoms with Crippen molar-refractivity contribution < 1.29 is 4.21 Å². The van der Waals surface area contributed by atoms with E-state index in [0.717, 1.165) is 14.2 Å². The Morgan fingerprint density at radius 1 is 1.38 bits per heavy atom. The van der Waals surface area contributed by atoms with Crippen molar-refractivity contribution in [2.45, 2.75) is 9.96 Å². The van der Waals surface area contributed by atoms with Crippen LogP contribution in [0.1, 0.15) is 5.56 Å². The summed E-state index contributed by atoms with van der Waals surface area (Å²) in [6.07, 6.45) is 0. The van der Waals surface area contributed by atoms with Gasteiger partial charge in [-0.2, -0.15) is 0 Å². The Labute approximate surface area is 109 Å². The molecule has 0 amide bonds. The first-order valence-electron chi connectivity index (χ1n) is 4.62. The fourth-order valence-corrected chi connectivity index (χ4v) is 4.14. The van der Waals surface area contributed by atoms with E-state index in [9.17, 15) is 4.21 Å². The van der Waals surface area contributed by atoms with Crippen LogP contribution < -0.4 is 5.73 Å². The third-order valence-corrected chi connectivity index (χ3v) is 5.49. The first kappa shape index (κ1) is 11.8. The molecule has 1 unspecified atom stereocenters. The molecule has 0 saturated carbocycles. The summed E-state index contributed by atoms with van der Waals surface area (Å²) in [7, 11) is -0.972. The summed E-state index contributed by atoms with van der Waals surface area (Å²) in [6, 6.07) is 9.37. The lowest BCUT2D eigenvalue weighted by Crippen LogP contribution is -1.96. The molecule has 0 aliphatic heterocycles. The van der Waals surface area contributed by atoms with E-state index in [1.165, 1.54) is 11.3 Å². The number of benzene rings is 1. The number of hydrogen-bond donors (Lipinski definition) is 1. The molecule has 0 aliphatic rings. The molecule has 84 valence electrons. The Hall–Kier alpha value is -0.650. The zero-order valence-electron chi connectivity index (χ0n) is 8.35. The minimum absolute atomic E-state index is 0.515. The summed E-state index contributed by atoms with van der Waals surface area (Å²) >= 11 is 4.95. The summed E-state index contributed by atoms with van der Waals surface area (Å²) in [5.74, 6) is 0.515. The highest BCUT2D eigenvalue weighted by molar-refractivity contribution is 9.10. The average Bonchev–Trinajstić information content (AvgIpc) is 2.75. The molecular formula is C11H10BrNOS2. The molecular weight excluding hydrogens is 306 g/mol. The highest BCUT2D eigenvalue weighted by Crippen LogP contribution is 2.24. The molecule has 0 saturated heterocycles. The van der Waals surface area contributed by atoms with Crippen molar-refractivity contribution in [1.82, 2.24) is 0 Å². The monoisotopic (exact) mass is 315 g/mol. The molecule has 0 aliphatic carbocycles. The molecule has 2 rings (SSSR count). The highest BCUT2D eigenvalue weighted by Gasteiger charge is 2.08. The standard InChI is InChI=1S/C11H10BrNOS2/c12-10-6-9(13)4-3-8(10)7-16(14)11-2-1-5-15-11/h1-6H,7,13H2. The zero-order valence-corrected chi connectivity index (χ0v) is 11.6. The van der Waals surface area contributed by atoms with Crippen LogP contribution in [0.3, 0.4) is 0 Å². The number of anilines is 1. The lowest BCUT2D eigenvalue weighted by atomic mass is 10.2. The van der Waals surface area contributed by atoms with Gasteiger partial charge in [0.25, 0.3) is 0 Å². The van der Waals surface area contributed by atoms with Crippen LogP contribution in [-0.4, -0.2) is 4.21 Å². The molecule has 0 spiro atoms. The highest BCUT2D eigenvalue weighted by atomic mass is 79.9. The van der Waals surface area contributed by atoms with Crippen LogP contribution in [0.4, 0.5) is 5.69 Å². The van der Waals surface area contributed by atoms with Gasteiger partial charge in [-0.05, 0) is 29.1 Å². The molecule has 1 atom stereocenters. The van der Waals surface area contributed by atoms with Crippen molar-refractivity contribution in [3.05, 3.63) is 45.7 Å². The molecule has 0 radical (unpaired) electrons. The molecule has 16 heavy (non-hydrogen) atoms. The minimum Gasteiger partial charge on any atom is -0.399 e. The van der Waals surface area contributed by atoms with Gasteiger partial charge in [0, 0.05) is 10.2 Å². The van der Waals surface area contributed by atoms with Crippen LogP contribution in [-0.2, 0) is 16.6 Å². The van der Waals surface area contributed by atoms with E-state index in [-0.39, 0.29) is 0 Å². The van der Waals surface area contributed by atoms with Crippen molar-refractivity contribution in [2.75, 3.05) is 5.73 Å². The van der Waals surface area contributed by atoms with Gasteiger partial charge in [-0.25, -0.2) is 0 Å². The molecule has 1 aromatic carbocycles. The van der Waals surface area contributed by atoms with Gasteiger partial charge >= 0.3 is 0 Å². The quantitative estimate of drug-likeness (QED) is 0.882. The fraction of sp³-hybridized carbons (Fsp3) is 0.0909. The van der Waals surface area contributed by atoms with E-state index in [2.05, 4.69) is 15.9 Å². The Kier molecular flexibility index (Phi) is 3.78. The molecule has 1 heterocycles. The van der Waals surface area contributed by atoms with Crippen molar-refractivity contribution in [3.63, 3.8) is 0 Å². The van der Waals surface area contributed by atoms with E-state index >= 15 is 0 Å². The predicted octanol–water partition coefficient (Wildman–Crippen LogP) is 3.40. The van der Waals surface area contributed by atoms with Crippen LogP contribution in [0.25, 0.3) is 0 Å². The lowest BCUT2D eigenvalue weighted by molar-refractivity contribution is 0.684. The zero-order chi connectivity index (χ0) is 11.5. The van der Waals surface area contributed by atoms with Crippen LogP contribution in [0, 0.1) is 0 Å². The number of halogens is 1. The maximum absolute atomic E-state index is 12.0. The second-order valence-corrected chi connectivity index (χ2v) is 6.75. The number of rotatable bonds is 3. The van der Waals surface area contributed by atoms with E-state index in [4.69, 9.17) is 5.73 Å². The molecule has 5 heteroatoms. The topological polar surface area (TPSA) is 43.1 Å². The van der Waals surface area contributed by atoms with Crippen molar-refractivity contribution >= 4 is 43.8 Å². The Morgan fingerprint density at radius 3 is 2.81 bits per heavy atom. The van der Waals surface area contributed by atoms with Gasteiger partial charge in [-0.15, -0.1) is 11.3 Å². The largest absolute Gasteiger partial charge is 0.399 e. The van der Waals surface area contributed by atoms with Crippen LogP contribution in [0.15, 0.2) is 44.4 Å². The van der Waals surface area contributed by atoms with E-state index in [0.29, 0.717) is 11.4 Å². The molecule has 2 N–H and O–H groups in total. The summed E-state index contributed by atoms with van der Waals surface area (Å²) < 4.78 is 13.8. The minimum atomic E-state index is -0.972. The molecule has 2 aromatic rings. The normalized spacial score (nSPS) is 12.6.